The molecule has 0 saturated carbocycles. The molecule has 33 heavy (non-hydrogen) atoms. The highest BCUT2D eigenvalue weighted by atomic mass is 19.1. The van der Waals surface area contributed by atoms with E-state index in [-0.39, 0.29) is 43.4 Å². The summed E-state index contributed by atoms with van der Waals surface area (Å²) in [6.45, 7) is 4.21. The highest BCUT2D eigenvalue weighted by molar-refractivity contribution is 5.99. The van der Waals surface area contributed by atoms with E-state index in [4.69, 9.17) is 0 Å². The average Bonchev–Trinajstić information content (AvgIpc) is 3.48. The van der Waals surface area contributed by atoms with Gasteiger partial charge in [-0.1, -0.05) is 32.0 Å². The number of carbonyl (C=O) groups is 4. The third-order valence-corrected chi connectivity index (χ3v) is 6.73. The number of rotatable bonds is 5. The van der Waals surface area contributed by atoms with E-state index in [1.54, 1.807) is 11.0 Å². The zero-order valence-electron chi connectivity index (χ0n) is 18.7. The predicted molar refractivity (Wildman–Crippen MR) is 115 cm³/mol. The van der Waals surface area contributed by atoms with Gasteiger partial charge >= 0.3 is 0 Å². The van der Waals surface area contributed by atoms with Gasteiger partial charge < -0.3 is 15.1 Å². The minimum Gasteiger partial charge on any atom is -0.344 e. The van der Waals surface area contributed by atoms with Gasteiger partial charge in [0.25, 0.3) is 0 Å². The van der Waals surface area contributed by atoms with Crippen molar-refractivity contribution in [1.82, 2.24) is 15.1 Å². The van der Waals surface area contributed by atoms with Crippen LogP contribution in [0.15, 0.2) is 18.2 Å². The normalized spacial score (nSPS) is 26.3. The van der Waals surface area contributed by atoms with Crippen LogP contribution >= 0.6 is 0 Å². The van der Waals surface area contributed by atoms with Gasteiger partial charge in [-0.3, -0.25) is 19.2 Å². The Labute approximate surface area is 191 Å². The maximum Gasteiger partial charge on any atom is 0.246 e. The van der Waals surface area contributed by atoms with Crippen LogP contribution in [0.4, 0.5) is 4.39 Å². The molecule has 3 aliphatic heterocycles. The number of likely N-dealkylation sites (tertiary alicyclic amines) is 1. The van der Waals surface area contributed by atoms with Gasteiger partial charge in [0.1, 0.15) is 18.3 Å². The third kappa shape index (κ3) is 4.34. The number of ketones is 1. The van der Waals surface area contributed by atoms with Crippen LogP contribution in [0.1, 0.15) is 54.6 Å². The monoisotopic (exact) mass is 454 g/mol. The second kappa shape index (κ2) is 8.93. The highest BCUT2D eigenvalue weighted by Crippen LogP contribution is 2.30. The minimum atomic E-state index is -1.25. The van der Waals surface area contributed by atoms with Crippen molar-refractivity contribution in [3.8, 4) is 6.07 Å². The van der Waals surface area contributed by atoms with Crippen LogP contribution < -0.4 is 5.32 Å². The van der Waals surface area contributed by atoms with Crippen LogP contribution in [0, 0.1) is 23.2 Å². The number of nitriles is 1. The van der Waals surface area contributed by atoms with Gasteiger partial charge in [0.2, 0.25) is 17.7 Å². The molecule has 2 saturated heterocycles. The summed E-state index contributed by atoms with van der Waals surface area (Å²) in [7, 11) is 0. The fraction of sp³-hybridized carbons (Fsp3) is 0.542. The van der Waals surface area contributed by atoms with Crippen molar-refractivity contribution >= 4 is 23.5 Å². The molecule has 2 fully saturated rings. The molecule has 174 valence electrons. The van der Waals surface area contributed by atoms with E-state index in [1.165, 1.54) is 4.90 Å². The summed E-state index contributed by atoms with van der Waals surface area (Å²) in [4.78, 5) is 53.6. The van der Waals surface area contributed by atoms with E-state index in [9.17, 15) is 28.8 Å². The number of hydrogen-bond acceptors (Lipinski definition) is 5. The lowest BCUT2D eigenvalue weighted by Crippen LogP contribution is -2.46. The highest BCUT2D eigenvalue weighted by Gasteiger charge is 2.44. The van der Waals surface area contributed by atoms with Gasteiger partial charge in [-0.25, -0.2) is 4.39 Å². The van der Waals surface area contributed by atoms with Crippen LogP contribution in [-0.2, 0) is 27.5 Å². The molecule has 0 spiro atoms. The average molecular weight is 455 g/mol. The van der Waals surface area contributed by atoms with E-state index in [0.717, 1.165) is 11.1 Å². The number of Topliss-reactive ketones (excluding diaryl/α,β-unsaturated/α-hetero) is 1. The molecule has 3 amide bonds. The molecular formula is C24H27FN4O4. The number of amides is 3. The largest absolute Gasteiger partial charge is 0.344 e. The van der Waals surface area contributed by atoms with Gasteiger partial charge in [0.15, 0.2) is 5.78 Å². The Kier molecular flexibility index (Phi) is 6.19. The van der Waals surface area contributed by atoms with Gasteiger partial charge in [0, 0.05) is 43.3 Å². The first-order chi connectivity index (χ1) is 15.7. The number of carbonyl (C=O) groups excluding carboxylic acids is 4. The summed E-state index contributed by atoms with van der Waals surface area (Å²) >= 11 is 0. The van der Waals surface area contributed by atoms with Crippen LogP contribution in [-0.4, -0.2) is 58.1 Å². The maximum absolute atomic E-state index is 13.7. The number of alkyl halides is 1. The van der Waals surface area contributed by atoms with E-state index in [2.05, 4.69) is 5.32 Å². The molecule has 8 nitrogen and oxygen atoms in total. The SMILES string of the molecule is CC(C)C(=O)c1cccc2c1CN(C(=O)C[C@@H]1C[C@@H](C(=O)N3CC(F)C[C@H]3C#N)NC1=O)C2. The smallest absolute Gasteiger partial charge is 0.246 e. The quantitative estimate of drug-likeness (QED) is 0.682. The van der Waals surface area contributed by atoms with Crippen molar-refractivity contribution in [2.45, 2.75) is 64.5 Å². The molecule has 0 bridgehead atoms. The number of nitrogens with zero attached hydrogens (tertiary/aromatic N) is 3. The molecule has 1 aromatic rings. The van der Waals surface area contributed by atoms with E-state index in [0.29, 0.717) is 18.7 Å². The van der Waals surface area contributed by atoms with Gasteiger partial charge in [-0.05, 0) is 17.5 Å². The number of benzene rings is 1. The number of fused-ring (bicyclic) bond motifs is 1. The lowest BCUT2D eigenvalue weighted by Gasteiger charge is -2.22. The van der Waals surface area contributed by atoms with Gasteiger partial charge in [0.05, 0.1) is 12.6 Å². The van der Waals surface area contributed by atoms with E-state index in [1.807, 2.05) is 32.0 Å². The Morgan fingerprint density at radius 2 is 2.00 bits per heavy atom. The molecule has 1 unspecified atom stereocenters. The van der Waals surface area contributed by atoms with Crippen molar-refractivity contribution in [2.24, 2.45) is 11.8 Å². The Hall–Kier alpha value is -3.28. The molecule has 9 heteroatoms. The summed E-state index contributed by atoms with van der Waals surface area (Å²) in [5.41, 5.74) is 2.41. The molecule has 4 atom stereocenters. The molecule has 1 aromatic carbocycles. The second-order valence-corrected chi connectivity index (χ2v) is 9.38. The van der Waals surface area contributed by atoms with Crippen molar-refractivity contribution in [1.29, 1.82) is 5.26 Å². The van der Waals surface area contributed by atoms with Crippen LogP contribution in [0.3, 0.4) is 0 Å². The lowest BCUT2D eigenvalue weighted by atomic mass is 9.94. The number of nitrogens with one attached hydrogen (secondary N) is 1. The van der Waals surface area contributed by atoms with Crippen molar-refractivity contribution < 1.29 is 23.6 Å². The van der Waals surface area contributed by atoms with Crippen LogP contribution in [0.2, 0.25) is 0 Å². The van der Waals surface area contributed by atoms with Crippen molar-refractivity contribution in [3.05, 3.63) is 34.9 Å². The van der Waals surface area contributed by atoms with Gasteiger partial charge in [-0.2, -0.15) is 5.26 Å². The van der Waals surface area contributed by atoms with Crippen LogP contribution in [0.25, 0.3) is 0 Å². The van der Waals surface area contributed by atoms with Crippen LogP contribution in [0.5, 0.6) is 0 Å². The minimum absolute atomic E-state index is 0.0262. The third-order valence-electron chi connectivity index (χ3n) is 6.73. The maximum atomic E-state index is 13.7. The van der Waals surface area contributed by atoms with Crippen molar-refractivity contribution in [3.63, 3.8) is 0 Å². The Morgan fingerprint density at radius 3 is 2.70 bits per heavy atom. The summed E-state index contributed by atoms with van der Waals surface area (Å²) in [5, 5.41) is 11.8. The first kappa shape index (κ1) is 22.9. The zero-order valence-corrected chi connectivity index (χ0v) is 18.7. The second-order valence-electron chi connectivity index (χ2n) is 9.38. The first-order valence-electron chi connectivity index (χ1n) is 11.3. The summed E-state index contributed by atoms with van der Waals surface area (Å²) < 4.78 is 13.7. The lowest BCUT2D eigenvalue weighted by molar-refractivity contribution is -0.135. The van der Waals surface area contributed by atoms with E-state index < -0.39 is 36.0 Å². The topological polar surface area (TPSA) is 111 Å². The molecule has 1 N–H and O–H groups in total. The van der Waals surface area contributed by atoms with Gasteiger partial charge in [-0.15, -0.1) is 0 Å². The molecule has 0 aliphatic carbocycles. The molecule has 3 heterocycles. The Bertz CT molecular complexity index is 1050. The Morgan fingerprint density at radius 1 is 1.24 bits per heavy atom. The number of hydrogen-bond donors (Lipinski definition) is 1. The fourth-order valence-electron chi connectivity index (χ4n) is 4.91. The molecule has 0 aromatic heterocycles. The zero-order chi connectivity index (χ0) is 23.9. The summed E-state index contributed by atoms with van der Waals surface area (Å²) in [5.74, 6) is -1.87. The first-order valence-corrected chi connectivity index (χ1v) is 11.3. The molecule has 3 aliphatic rings. The molecular weight excluding hydrogens is 427 g/mol. The molecule has 0 radical (unpaired) electrons. The summed E-state index contributed by atoms with van der Waals surface area (Å²) in [6, 6.07) is 5.74. The predicted octanol–water partition coefficient (Wildman–Crippen LogP) is 1.72. The summed E-state index contributed by atoms with van der Waals surface area (Å²) in [6.07, 6.45) is -1.20. The Balaban J connectivity index is 1.39. The van der Waals surface area contributed by atoms with Crippen molar-refractivity contribution in [2.75, 3.05) is 6.54 Å². The van der Waals surface area contributed by atoms with E-state index >= 15 is 0 Å². The fourth-order valence-corrected chi connectivity index (χ4v) is 4.91. The number of halogens is 1. The molecule has 4 rings (SSSR count). The standard InChI is InChI=1S/C24H27FN4O4/c1-13(2)22(31)18-5-3-4-14-10-28(12-19(14)18)21(30)7-15-6-20(27-23(15)32)24(33)29-11-16(25)8-17(29)9-26/h3-5,13,15-17,20H,6-8,10-12H2,1-2H3,(H,27,32)/t15-,16?,17-,20-/m0/s1.